The molecule has 4 heteroatoms. The largest absolute Gasteiger partial charge is 0.306 e. The van der Waals surface area contributed by atoms with Gasteiger partial charge in [0.1, 0.15) is 0 Å². The summed E-state index contributed by atoms with van der Waals surface area (Å²) < 4.78 is 2.35. The van der Waals surface area contributed by atoms with E-state index in [1.54, 1.807) is 11.3 Å². The van der Waals surface area contributed by atoms with Gasteiger partial charge in [0.05, 0.1) is 13.6 Å². The fraction of sp³-hybridized carbons (Fsp3) is 0.375. The first kappa shape index (κ1) is 16.2. The monoisotopic (exact) mass is 415 g/mol. The van der Waals surface area contributed by atoms with Gasteiger partial charge in [0.2, 0.25) is 0 Å². The summed E-state index contributed by atoms with van der Waals surface area (Å²) in [7, 11) is 0. The summed E-state index contributed by atoms with van der Waals surface area (Å²) in [6, 6.07) is 11.4. The minimum atomic E-state index is 0.243. The van der Waals surface area contributed by atoms with Crippen molar-refractivity contribution >= 4 is 43.2 Å². The summed E-state index contributed by atoms with van der Waals surface area (Å²) >= 11 is 8.96. The quantitative estimate of drug-likeness (QED) is 0.615. The van der Waals surface area contributed by atoms with E-state index in [-0.39, 0.29) is 6.04 Å². The van der Waals surface area contributed by atoms with Crippen LogP contribution in [0.2, 0.25) is 0 Å². The van der Waals surface area contributed by atoms with Gasteiger partial charge in [-0.3, -0.25) is 0 Å². The molecule has 0 saturated carbocycles. The minimum Gasteiger partial charge on any atom is -0.306 e. The molecule has 0 aliphatic carbocycles. The molecule has 0 amide bonds. The molecule has 0 spiro atoms. The molecule has 0 fully saturated rings. The second kappa shape index (κ2) is 7.74. The molecule has 0 aliphatic heterocycles. The highest BCUT2D eigenvalue weighted by Crippen LogP contribution is 2.37. The van der Waals surface area contributed by atoms with Crippen LogP contribution in [0.15, 0.2) is 37.9 Å². The van der Waals surface area contributed by atoms with E-state index in [0.717, 1.165) is 16.8 Å². The number of halogens is 2. The second-order valence-electron chi connectivity index (χ2n) is 4.76. The van der Waals surface area contributed by atoms with Crippen LogP contribution in [-0.4, -0.2) is 6.54 Å². The first-order valence-electron chi connectivity index (χ1n) is 6.92. The summed E-state index contributed by atoms with van der Waals surface area (Å²) in [5, 5.41) is 3.58. The van der Waals surface area contributed by atoms with Crippen molar-refractivity contribution in [2.45, 2.75) is 32.7 Å². The molecule has 0 bridgehead atoms. The van der Waals surface area contributed by atoms with E-state index in [9.17, 15) is 0 Å². The fourth-order valence-corrected chi connectivity index (χ4v) is 5.23. The molecule has 20 heavy (non-hydrogen) atoms. The van der Waals surface area contributed by atoms with Crippen molar-refractivity contribution in [3.8, 4) is 0 Å². The van der Waals surface area contributed by atoms with Crippen LogP contribution in [0.1, 0.15) is 43.0 Å². The third-order valence-corrected chi connectivity index (χ3v) is 5.64. The highest BCUT2D eigenvalue weighted by atomic mass is 79.9. The Bertz CT molecular complexity index is 548. The molecule has 2 rings (SSSR count). The number of nitrogens with one attached hydrogen (secondary N) is 1. The first-order chi connectivity index (χ1) is 9.65. The normalized spacial score (nSPS) is 12.6. The Morgan fingerprint density at radius 3 is 2.35 bits per heavy atom. The zero-order valence-electron chi connectivity index (χ0n) is 11.7. The third-order valence-electron chi connectivity index (χ3n) is 3.25. The zero-order valence-corrected chi connectivity index (χ0v) is 15.7. The molecule has 0 saturated heterocycles. The Morgan fingerprint density at radius 1 is 1.15 bits per heavy atom. The van der Waals surface area contributed by atoms with Crippen LogP contribution in [0, 0.1) is 0 Å². The van der Waals surface area contributed by atoms with Crippen LogP contribution >= 0.6 is 43.2 Å². The highest BCUT2D eigenvalue weighted by Gasteiger charge is 2.18. The predicted molar refractivity (Wildman–Crippen MR) is 95.7 cm³/mol. The molecule has 2 aromatic rings. The van der Waals surface area contributed by atoms with Crippen molar-refractivity contribution in [3.05, 3.63) is 54.6 Å². The first-order valence-corrected chi connectivity index (χ1v) is 9.32. The van der Waals surface area contributed by atoms with E-state index in [1.165, 1.54) is 26.9 Å². The van der Waals surface area contributed by atoms with Crippen LogP contribution in [0.25, 0.3) is 0 Å². The van der Waals surface area contributed by atoms with Crippen LogP contribution in [0.5, 0.6) is 0 Å². The molecule has 1 aromatic heterocycles. The van der Waals surface area contributed by atoms with Crippen LogP contribution in [-0.2, 0) is 6.42 Å². The molecule has 1 unspecified atom stereocenters. The molecule has 0 aliphatic rings. The number of aryl methyl sites for hydroxylation is 1. The van der Waals surface area contributed by atoms with E-state index in [2.05, 4.69) is 81.4 Å². The molecule has 108 valence electrons. The van der Waals surface area contributed by atoms with Gasteiger partial charge >= 0.3 is 0 Å². The number of hydrogen-bond acceptors (Lipinski definition) is 2. The number of rotatable bonds is 6. The topological polar surface area (TPSA) is 12.0 Å². The molecular weight excluding hydrogens is 398 g/mol. The molecule has 1 N–H and O–H groups in total. The Morgan fingerprint density at radius 2 is 1.85 bits per heavy atom. The van der Waals surface area contributed by atoms with Gasteiger partial charge in [0, 0.05) is 0 Å². The van der Waals surface area contributed by atoms with Gasteiger partial charge in [-0.05, 0) is 67.6 Å². The van der Waals surface area contributed by atoms with Crippen molar-refractivity contribution in [2.24, 2.45) is 0 Å². The average molecular weight is 417 g/mol. The van der Waals surface area contributed by atoms with Crippen molar-refractivity contribution < 1.29 is 0 Å². The fourth-order valence-electron chi connectivity index (χ4n) is 2.33. The highest BCUT2D eigenvalue weighted by molar-refractivity contribution is 9.12. The van der Waals surface area contributed by atoms with Crippen molar-refractivity contribution in [1.82, 2.24) is 5.32 Å². The maximum atomic E-state index is 3.67. The molecule has 0 radical (unpaired) electrons. The Hall–Kier alpha value is -0.160. The standard InChI is InChI=1S/C16H19Br2NS/c1-3-5-11-6-8-12(9-7-11)15(19-4-2)13-10-14(17)20-16(13)18/h6-10,15,19H,3-5H2,1-2H3. The Balaban J connectivity index is 2.30. The van der Waals surface area contributed by atoms with Gasteiger partial charge < -0.3 is 5.32 Å². The summed E-state index contributed by atoms with van der Waals surface area (Å²) in [4.78, 5) is 0. The third kappa shape index (κ3) is 3.94. The van der Waals surface area contributed by atoms with Crippen LogP contribution in [0.3, 0.4) is 0 Å². The lowest BCUT2D eigenvalue weighted by Crippen LogP contribution is -2.21. The van der Waals surface area contributed by atoms with Crippen LogP contribution in [0.4, 0.5) is 0 Å². The molecule has 1 aromatic carbocycles. The lowest BCUT2D eigenvalue weighted by molar-refractivity contribution is 0.630. The predicted octanol–water partition coefficient (Wildman–Crippen LogP) is 5.92. The van der Waals surface area contributed by atoms with Crippen molar-refractivity contribution in [3.63, 3.8) is 0 Å². The minimum absolute atomic E-state index is 0.243. The lowest BCUT2D eigenvalue weighted by atomic mass is 9.99. The Labute approximate surface area is 142 Å². The maximum Gasteiger partial charge on any atom is 0.0761 e. The van der Waals surface area contributed by atoms with E-state index >= 15 is 0 Å². The number of thiophene rings is 1. The van der Waals surface area contributed by atoms with Gasteiger partial charge in [-0.15, -0.1) is 11.3 Å². The Kier molecular flexibility index (Phi) is 6.27. The van der Waals surface area contributed by atoms with Gasteiger partial charge in [-0.25, -0.2) is 0 Å². The van der Waals surface area contributed by atoms with E-state index < -0.39 is 0 Å². The molecule has 1 atom stereocenters. The van der Waals surface area contributed by atoms with Crippen molar-refractivity contribution in [2.75, 3.05) is 6.54 Å². The van der Waals surface area contributed by atoms with E-state index in [4.69, 9.17) is 0 Å². The SMILES string of the molecule is CCCc1ccc(C(NCC)c2cc(Br)sc2Br)cc1. The molecule has 1 heterocycles. The lowest BCUT2D eigenvalue weighted by Gasteiger charge is -2.18. The average Bonchev–Trinajstić information content (AvgIpc) is 2.76. The van der Waals surface area contributed by atoms with Gasteiger partial charge in [-0.1, -0.05) is 44.5 Å². The summed E-state index contributed by atoms with van der Waals surface area (Å²) in [6.07, 6.45) is 2.35. The molecular formula is C16H19Br2NS. The smallest absolute Gasteiger partial charge is 0.0761 e. The number of hydrogen-bond donors (Lipinski definition) is 1. The van der Waals surface area contributed by atoms with E-state index in [0.29, 0.717) is 0 Å². The van der Waals surface area contributed by atoms with Gasteiger partial charge in [0.25, 0.3) is 0 Å². The molecule has 1 nitrogen and oxygen atoms in total. The van der Waals surface area contributed by atoms with Gasteiger partial charge in [-0.2, -0.15) is 0 Å². The van der Waals surface area contributed by atoms with Gasteiger partial charge in [0.15, 0.2) is 0 Å². The second-order valence-corrected chi connectivity index (χ2v) is 8.51. The number of benzene rings is 1. The summed E-state index contributed by atoms with van der Waals surface area (Å²) in [5.74, 6) is 0. The van der Waals surface area contributed by atoms with Crippen LogP contribution < -0.4 is 5.32 Å². The van der Waals surface area contributed by atoms with E-state index in [1.807, 2.05) is 0 Å². The zero-order chi connectivity index (χ0) is 14.5. The summed E-state index contributed by atoms with van der Waals surface area (Å²) in [6.45, 7) is 5.31. The maximum absolute atomic E-state index is 3.67. The summed E-state index contributed by atoms with van der Waals surface area (Å²) in [5.41, 5.74) is 4.03. The van der Waals surface area contributed by atoms with Crippen molar-refractivity contribution in [1.29, 1.82) is 0 Å².